The number of hydrogen-bond acceptors (Lipinski definition) is 2. The average molecular weight is 389 g/mol. The Morgan fingerprint density at radius 2 is 1.18 bits per heavy atom. The van der Waals surface area contributed by atoms with Crippen molar-refractivity contribution in [3.8, 4) is 0 Å². The van der Waals surface area contributed by atoms with Crippen LogP contribution in [0.25, 0.3) is 0 Å². The molecule has 3 aromatic carbocycles. The number of benzene rings is 3. The summed E-state index contributed by atoms with van der Waals surface area (Å²) >= 11 is 0. The third kappa shape index (κ3) is 4.16. The first kappa shape index (κ1) is 20.2. The fraction of sp³-hybridized carbons (Fsp3) is 0.240. The van der Waals surface area contributed by atoms with Crippen LogP contribution in [0.5, 0.6) is 0 Å². The van der Waals surface area contributed by atoms with Crippen LogP contribution in [-0.4, -0.2) is 20.7 Å². The minimum absolute atomic E-state index is 0.0779. The van der Waals surface area contributed by atoms with Gasteiger partial charge in [-0.05, 0) is 15.4 Å². The third-order valence-corrected chi connectivity index (χ3v) is 10.2. The molecule has 0 fully saturated rings. The monoisotopic (exact) mass is 388 g/mol. The van der Waals surface area contributed by atoms with Gasteiger partial charge in [-0.1, -0.05) is 112 Å². The largest absolute Gasteiger partial charge is 0.407 e. The maximum atomic E-state index is 12.6. The van der Waals surface area contributed by atoms with Crippen molar-refractivity contribution in [3.63, 3.8) is 0 Å². The van der Waals surface area contributed by atoms with E-state index >= 15 is 0 Å². The van der Waals surface area contributed by atoms with Gasteiger partial charge in [0.2, 0.25) is 0 Å². The van der Waals surface area contributed by atoms with Crippen LogP contribution in [0.3, 0.4) is 0 Å². The molecule has 0 spiro atoms. The lowest BCUT2D eigenvalue weighted by atomic mass is 10.1. The molecule has 0 bridgehead atoms. The van der Waals surface area contributed by atoms with E-state index in [-0.39, 0.29) is 10.8 Å². The molecule has 0 saturated carbocycles. The maximum Gasteiger partial charge on any atom is 0.261 e. The third-order valence-electron chi connectivity index (χ3n) is 5.16. The predicted molar refractivity (Wildman–Crippen MR) is 119 cm³/mol. The molecule has 3 aromatic rings. The van der Waals surface area contributed by atoms with Crippen molar-refractivity contribution < 1.29 is 9.22 Å². The maximum absolute atomic E-state index is 12.6. The average Bonchev–Trinajstić information content (AvgIpc) is 2.72. The summed E-state index contributed by atoms with van der Waals surface area (Å²) in [6, 6.07) is 30.5. The summed E-state index contributed by atoms with van der Waals surface area (Å²) in [5, 5.41) is 2.40. The second kappa shape index (κ2) is 8.68. The van der Waals surface area contributed by atoms with Gasteiger partial charge in [-0.15, -0.1) is 0 Å². The molecule has 0 unspecified atom stereocenters. The molecule has 0 radical (unpaired) electrons. The molecule has 0 N–H and O–H groups in total. The number of ketones is 1. The van der Waals surface area contributed by atoms with Gasteiger partial charge >= 0.3 is 0 Å². The molecule has 3 heteroatoms. The first-order chi connectivity index (χ1) is 13.4. The predicted octanol–water partition coefficient (Wildman–Crippen LogP) is 4.84. The van der Waals surface area contributed by atoms with Crippen LogP contribution in [-0.2, 0) is 4.43 Å². The minimum atomic E-state index is -2.57. The number of rotatable bonds is 7. The van der Waals surface area contributed by atoms with Crippen LogP contribution < -0.4 is 10.4 Å². The molecule has 144 valence electrons. The smallest absolute Gasteiger partial charge is 0.261 e. The highest BCUT2D eigenvalue weighted by Crippen LogP contribution is 2.36. The van der Waals surface area contributed by atoms with Crippen molar-refractivity contribution in [1.82, 2.24) is 0 Å². The molecule has 28 heavy (non-hydrogen) atoms. The van der Waals surface area contributed by atoms with E-state index in [0.717, 1.165) is 5.56 Å². The van der Waals surface area contributed by atoms with Crippen LogP contribution in [0, 0.1) is 0 Å². The Balaban J connectivity index is 1.94. The highest BCUT2D eigenvalue weighted by Gasteiger charge is 2.50. The zero-order valence-electron chi connectivity index (χ0n) is 16.9. The lowest BCUT2D eigenvalue weighted by molar-refractivity contribution is 0.0960. The molecule has 2 nitrogen and oxygen atoms in total. The summed E-state index contributed by atoms with van der Waals surface area (Å²) in [5.41, 5.74) is 0.744. The Morgan fingerprint density at radius 1 is 0.750 bits per heavy atom. The van der Waals surface area contributed by atoms with Gasteiger partial charge in [-0.25, -0.2) is 0 Å². The molecule has 0 heterocycles. The molecule has 0 aliphatic rings. The van der Waals surface area contributed by atoms with Gasteiger partial charge in [0.25, 0.3) is 8.32 Å². The van der Waals surface area contributed by atoms with Gasteiger partial charge in [0, 0.05) is 18.6 Å². The molecule has 3 rings (SSSR count). The van der Waals surface area contributed by atoms with Crippen LogP contribution in [0.1, 0.15) is 37.6 Å². The molecule has 0 aliphatic heterocycles. The Labute approximate surface area is 169 Å². The highest BCUT2D eigenvalue weighted by atomic mass is 28.4. The number of carbonyl (C=O) groups is 1. The van der Waals surface area contributed by atoms with Gasteiger partial charge in [0.1, 0.15) is 0 Å². The molecular formula is C25H28O2Si. The van der Waals surface area contributed by atoms with Crippen molar-refractivity contribution in [2.45, 2.75) is 32.2 Å². The normalized spacial score (nSPS) is 12.0. The number of Topliss-reactive ketones (excluding diaryl/α,β-unsaturated/α-hetero) is 1. The van der Waals surface area contributed by atoms with E-state index in [1.54, 1.807) is 0 Å². The van der Waals surface area contributed by atoms with E-state index in [0.29, 0.717) is 13.0 Å². The van der Waals surface area contributed by atoms with Gasteiger partial charge in [-0.2, -0.15) is 0 Å². The summed E-state index contributed by atoms with van der Waals surface area (Å²) < 4.78 is 6.78. The summed E-state index contributed by atoms with van der Waals surface area (Å²) in [6.45, 7) is 7.16. The second-order valence-electron chi connectivity index (χ2n) is 8.05. The Bertz CT molecular complexity index is 845. The first-order valence-electron chi connectivity index (χ1n) is 9.78. The molecule has 0 amide bonds. The molecule has 0 aromatic heterocycles. The standard InChI is InChI=1S/C25H28O2Si/c1-25(2,3)28(22-15-9-5-10-16-22,23-17-11-6-12-18-23)27-20-19-24(26)21-13-7-4-8-14-21/h4-18H,19-20H2,1-3H3. The van der Waals surface area contributed by atoms with E-state index in [4.69, 9.17) is 4.43 Å². The lowest BCUT2D eigenvalue weighted by Crippen LogP contribution is -2.66. The quantitative estimate of drug-likeness (QED) is 0.428. The summed E-state index contributed by atoms with van der Waals surface area (Å²) in [6.07, 6.45) is 0.383. The Morgan fingerprint density at radius 3 is 1.61 bits per heavy atom. The van der Waals surface area contributed by atoms with Crippen molar-refractivity contribution in [3.05, 3.63) is 96.6 Å². The zero-order valence-corrected chi connectivity index (χ0v) is 17.9. The van der Waals surface area contributed by atoms with Gasteiger partial charge in [0.05, 0.1) is 0 Å². The second-order valence-corrected chi connectivity index (χ2v) is 12.4. The lowest BCUT2D eigenvalue weighted by Gasteiger charge is -2.43. The van der Waals surface area contributed by atoms with E-state index in [9.17, 15) is 4.79 Å². The van der Waals surface area contributed by atoms with E-state index in [1.807, 2.05) is 42.5 Å². The fourth-order valence-electron chi connectivity index (χ4n) is 3.83. The van der Waals surface area contributed by atoms with Crippen LogP contribution >= 0.6 is 0 Å². The van der Waals surface area contributed by atoms with Gasteiger partial charge < -0.3 is 4.43 Å². The summed E-state index contributed by atoms with van der Waals surface area (Å²) in [5.74, 6) is 0.124. The Hall–Kier alpha value is -2.49. The van der Waals surface area contributed by atoms with Crippen LogP contribution in [0.2, 0.25) is 5.04 Å². The van der Waals surface area contributed by atoms with Crippen molar-refractivity contribution >= 4 is 24.5 Å². The SMILES string of the molecule is CC(C)(C)[Si](OCCC(=O)c1ccccc1)(c1ccccc1)c1ccccc1. The Kier molecular flexibility index (Phi) is 6.27. The minimum Gasteiger partial charge on any atom is -0.407 e. The zero-order chi connectivity index (χ0) is 20.0. The number of carbonyl (C=O) groups excluding carboxylic acids is 1. The molecule has 0 aliphatic carbocycles. The van der Waals surface area contributed by atoms with Crippen LogP contribution in [0.15, 0.2) is 91.0 Å². The van der Waals surface area contributed by atoms with Gasteiger partial charge in [-0.3, -0.25) is 4.79 Å². The molecular weight excluding hydrogens is 360 g/mol. The topological polar surface area (TPSA) is 26.3 Å². The van der Waals surface area contributed by atoms with Crippen molar-refractivity contribution in [2.24, 2.45) is 0 Å². The molecule has 0 atom stereocenters. The van der Waals surface area contributed by atoms with E-state index < -0.39 is 8.32 Å². The van der Waals surface area contributed by atoms with Crippen LogP contribution in [0.4, 0.5) is 0 Å². The first-order valence-corrected chi connectivity index (χ1v) is 11.7. The van der Waals surface area contributed by atoms with Gasteiger partial charge in [0.15, 0.2) is 5.78 Å². The fourth-order valence-corrected chi connectivity index (χ4v) is 8.39. The summed E-state index contributed by atoms with van der Waals surface area (Å²) in [4.78, 5) is 12.6. The van der Waals surface area contributed by atoms with Crippen molar-refractivity contribution in [1.29, 1.82) is 0 Å². The number of hydrogen-bond donors (Lipinski definition) is 0. The highest BCUT2D eigenvalue weighted by molar-refractivity contribution is 6.99. The molecule has 0 saturated heterocycles. The van der Waals surface area contributed by atoms with E-state index in [1.165, 1.54) is 10.4 Å². The van der Waals surface area contributed by atoms with Crippen molar-refractivity contribution in [2.75, 3.05) is 6.61 Å². The summed E-state index contributed by atoms with van der Waals surface area (Å²) in [7, 11) is -2.57. The van der Waals surface area contributed by atoms with E-state index in [2.05, 4.69) is 69.3 Å².